The molecule has 0 fully saturated rings. The minimum atomic E-state index is -0.387. The molecule has 2 aromatic carbocycles. The number of non-ortho nitro benzene ring substituents is 1. The monoisotopic (exact) mass is 336 g/mol. The molecule has 1 aromatic heterocycles. The van der Waals surface area contributed by atoms with Gasteiger partial charge in [0.1, 0.15) is 0 Å². The average molecular weight is 336 g/mol. The van der Waals surface area contributed by atoms with Gasteiger partial charge in [-0.2, -0.15) is 0 Å². The first kappa shape index (κ1) is 16.7. The maximum Gasteiger partial charge on any atom is 0.269 e. The van der Waals surface area contributed by atoms with Gasteiger partial charge in [-0.1, -0.05) is 24.3 Å². The molecule has 6 nitrogen and oxygen atoms in total. The number of benzene rings is 2. The van der Waals surface area contributed by atoms with Gasteiger partial charge in [0.05, 0.1) is 16.8 Å². The first-order chi connectivity index (χ1) is 12.0. The minimum absolute atomic E-state index is 0.0926. The first-order valence-electron chi connectivity index (χ1n) is 8.02. The fourth-order valence-electron chi connectivity index (χ4n) is 2.70. The smallest absolute Gasteiger partial charge is 0.269 e. The molecule has 1 heterocycles. The second-order valence-corrected chi connectivity index (χ2v) is 6.11. The van der Waals surface area contributed by atoms with Crippen LogP contribution >= 0.6 is 0 Å². The molecule has 0 amide bonds. The van der Waals surface area contributed by atoms with E-state index in [2.05, 4.69) is 42.3 Å². The molecule has 0 saturated carbocycles. The molecule has 0 aliphatic carbocycles. The lowest BCUT2D eigenvalue weighted by molar-refractivity contribution is -0.384. The number of anilines is 1. The van der Waals surface area contributed by atoms with E-state index in [0.717, 1.165) is 22.8 Å². The zero-order chi connectivity index (χ0) is 18.0. The molecule has 0 radical (unpaired) electrons. The van der Waals surface area contributed by atoms with Crippen molar-refractivity contribution < 1.29 is 4.92 Å². The maximum absolute atomic E-state index is 10.9. The zero-order valence-electron chi connectivity index (χ0n) is 14.5. The van der Waals surface area contributed by atoms with Crippen molar-refractivity contribution in [3.63, 3.8) is 0 Å². The summed E-state index contributed by atoms with van der Waals surface area (Å²) in [4.78, 5) is 14.9. The van der Waals surface area contributed by atoms with Crippen LogP contribution in [0.4, 0.5) is 11.6 Å². The van der Waals surface area contributed by atoms with E-state index in [0.29, 0.717) is 6.54 Å². The predicted octanol–water partition coefficient (Wildman–Crippen LogP) is 4.22. The molecule has 0 bridgehead atoms. The van der Waals surface area contributed by atoms with Crippen LogP contribution in [0.15, 0.2) is 48.7 Å². The van der Waals surface area contributed by atoms with Gasteiger partial charge < -0.3 is 9.88 Å². The van der Waals surface area contributed by atoms with Gasteiger partial charge in [0.25, 0.3) is 5.69 Å². The van der Waals surface area contributed by atoms with Gasteiger partial charge in [-0.05, 0) is 36.6 Å². The fourth-order valence-corrected chi connectivity index (χ4v) is 2.70. The number of nitro benzene ring substituents is 1. The lowest BCUT2D eigenvalue weighted by atomic mass is 10.0. The van der Waals surface area contributed by atoms with Gasteiger partial charge in [-0.25, -0.2) is 4.98 Å². The van der Waals surface area contributed by atoms with Crippen molar-refractivity contribution in [3.8, 4) is 11.3 Å². The Morgan fingerprint density at radius 2 is 1.96 bits per heavy atom. The van der Waals surface area contributed by atoms with Crippen LogP contribution in [0, 0.1) is 24.0 Å². The normalized spacial score (nSPS) is 10.7. The molecule has 0 aliphatic rings. The number of aryl methyl sites for hydroxylation is 2. The van der Waals surface area contributed by atoms with E-state index in [-0.39, 0.29) is 10.6 Å². The largest absolute Gasteiger partial charge is 0.352 e. The van der Waals surface area contributed by atoms with Gasteiger partial charge in [0, 0.05) is 31.3 Å². The van der Waals surface area contributed by atoms with Gasteiger partial charge in [0.15, 0.2) is 0 Å². The number of nitrogens with zero attached hydrogens (tertiary/aromatic N) is 3. The van der Waals surface area contributed by atoms with Crippen molar-refractivity contribution in [2.75, 3.05) is 5.32 Å². The third-order valence-corrected chi connectivity index (χ3v) is 4.36. The number of nitro groups is 1. The summed E-state index contributed by atoms with van der Waals surface area (Å²) < 4.78 is 1.99. The molecular formula is C19H20N4O2. The summed E-state index contributed by atoms with van der Waals surface area (Å²) >= 11 is 0. The molecule has 3 rings (SSSR count). The van der Waals surface area contributed by atoms with E-state index >= 15 is 0 Å². The molecule has 25 heavy (non-hydrogen) atoms. The summed E-state index contributed by atoms with van der Waals surface area (Å²) in [5.74, 6) is 0.722. The van der Waals surface area contributed by atoms with Crippen molar-refractivity contribution in [1.29, 1.82) is 0 Å². The molecule has 6 heteroatoms. The summed E-state index contributed by atoms with van der Waals surface area (Å²) in [6, 6.07) is 12.9. The molecule has 0 saturated heterocycles. The number of rotatable bonds is 5. The molecule has 0 unspecified atom stereocenters. The summed E-state index contributed by atoms with van der Waals surface area (Å²) in [7, 11) is 1.95. The van der Waals surface area contributed by atoms with Gasteiger partial charge in [0.2, 0.25) is 5.95 Å². The van der Waals surface area contributed by atoms with Crippen LogP contribution in [0.3, 0.4) is 0 Å². The molecular weight excluding hydrogens is 316 g/mol. The fraction of sp³-hybridized carbons (Fsp3) is 0.211. The highest BCUT2D eigenvalue weighted by molar-refractivity contribution is 5.63. The van der Waals surface area contributed by atoms with Crippen LogP contribution < -0.4 is 5.32 Å². The molecule has 0 atom stereocenters. The third-order valence-electron chi connectivity index (χ3n) is 4.36. The zero-order valence-corrected chi connectivity index (χ0v) is 14.5. The second kappa shape index (κ2) is 6.76. The molecule has 1 N–H and O–H groups in total. The van der Waals surface area contributed by atoms with Crippen molar-refractivity contribution >= 4 is 11.6 Å². The molecule has 0 spiro atoms. The average Bonchev–Trinajstić information content (AvgIpc) is 2.96. The number of nitrogens with one attached hydrogen (secondary N) is 1. The van der Waals surface area contributed by atoms with E-state index in [4.69, 9.17) is 0 Å². The van der Waals surface area contributed by atoms with E-state index < -0.39 is 0 Å². The van der Waals surface area contributed by atoms with Crippen LogP contribution in [0.2, 0.25) is 0 Å². The van der Waals surface area contributed by atoms with E-state index in [1.165, 1.54) is 17.2 Å². The SMILES string of the molecule is Cc1ccc(-c2cnc(NCc3cccc([N+](=O)[O-])c3)n2C)cc1C. The number of hydrogen-bond acceptors (Lipinski definition) is 4. The summed E-state index contributed by atoms with van der Waals surface area (Å²) in [5, 5.41) is 14.1. The van der Waals surface area contributed by atoms with E-state index in [9.17, 15) is 10.1 Å². The summed E-state index contributed by atoms with van der Waals surface area (Å²) in [6.07, 6.45) is 1.83. The number of aromatic nitrogens is 2. The Bertz CT molecular complexity index is 931. The van der Waals surface area contributed by atoms with Gasteiger partial charge in [-0.3, -0.25) is 10.1 Å². The highest BCUT2D eigenvalue weighted by Gasteiger charge is 2.10. The van der Waals surface area contributed by atoms with E-state index in [1.807, 2.05) is 23.9 Å². The molecule has 0 aliphatic heterocycles. The van der Waals surface area contributed by atoms with Crippen LogP contribution in [0.25, 0.3) is 11.3 Å². The third kappa shape index (κ3) is 3.52. The quantitative estimate of drug-likeness (QED) is 0.559. The molecule has 3 aromatic rings. The van der Waals surface area contributed by atoms with Crippen LogP contribution in [-0.2, 0) is 13.6 Å². The Labute approximate surface area is 146 Å². The minimum Gasteiger partial charge on any atom is -0.352 e. The van der Waals surface area contributed by atoms with Gasteiger partial charge >= 0.3 is 0 Å². The Balaban J connectivity index is 1.78. The lowest BCUT2D eigenvalue weighted by Gasteiger charge is -2.09. The molecule has 128 valence electrons. The van der Waals surface area contributed by atoms with Crippen molar-refractivity contribution in [1.82, 2.24) is 9.55 Å². The number of hydrogen-bond donors (Lipinski definition) is 1. The highest BCUT2D eigenvalue weighted by Crippen LogP contribution is 2.24. The standard InChI is InChI=1S/C19H20N4O2/c1-13-7-8-16(9-14(13)2)18-12-21-19(22(18)3)20-11-15-5-4-6-17(10-15)23(24)25/h4-10,12H,11H2,1-3H3,(H,20,21). The van der Waals surface area contributed by atoms with Crippen LogP contribution in [-0.4, -0.2) is 14.5 Å². The Kier molecular flexibility index (Phi) is 4.52. The Hall–Kier alpha value is -3.15. The predicted molar refractivity (Wildman–Crippen MR) is 98.5 cm³/mol. The summed E-state index contributed by atoms with van der Waals surface area (Å²) in [5.41, 5.74) is 5.56. The topological polar surface area (TPSA) is 73.0 Å². The number of imidazole rings is 1. The van der Waals surface area contributed by atoms with Crippen molar-refractivity contribution in [3.05, 3.63) is 75.5 Å². The summed E-state index contributed by atoms with van der Waals surface area (Å²) in [6.45, 7) is 4.66. The Morgan fingerprint density at radius 1 is 1.16 bits per heavy atom. The lowest BCUT2D eigenvalue weighted by Crippen LogP contribution is -2.06. The van der Waals surface area contributed by atoms with Crippen LogP contribution in [0.5, 0.6) is 0 Å². The first-order valence-corrected chi connectivity index (χ1v) is 8.02. The maximum atomic E-state index is 10.9. The Morgan fingerprint density at radius 3 is 2.68 bits per heavy atom. The van der Waals surface area contributed by atoms with Gasteiger partial charge in [-0.15, -0.1) is 0 Å². The van der Waals surface area contributed by atoms with Crippen molar-refractivity contribution in [2.24, 2.45) is 7.05 Å². The highest BCUT2D eigenvalue weighted by atomic mass is 16.6. The van der Waals surface area contributed by atoms with Crippen molar-refractivity contribution in [2.45, 2.75) is 20.4 Å². The van der Waals surface area contributed by atoms with E-state index in [1.54, 1.807) is 12.1 Å². The second-order valence-electron chi connectivity index (χ2n) is 6.11. The van der Waals surface area contributed by atoms with Crippen LogP contribution in [0.1, 0.15) is 16.7 Å².